The largest absolute Gasteiger partial charge is 0.478 e. The molecule has 0 bridgehead atoms. The maximum atomic E-state index is 11.0. The van der Waals surface area contributed by atoms with E-state index in [0.717, 1.165) is 37.2 Å². The number of fused-ring (bicyclic) bond motifs is 1. The molecule has 0 aliphatic carbocycles. The molecule has 0 amide bonds. The van der Waals surface area contributed by atoms with Crippen LogP contribution in [0.5, 0.6) is 0 Å². The molecule has 6 nitrogen and oxygen atoms in total. The Labute approximate surface area is 120 Å². The molecule has 0 atom stereocenters. The Morgan fingerprint density at radius 2 is 2.10 bits per heavy atom. The summed E-state index contributed by atoms with van der Waals surface area (Å²) in [7, 11) is 0. The molecule has 20 heavy (non-hydrogen) atoms. The summed E-state index contributed by atoms with van der Waals surface area (Å²) < 4.78 is 1.80. The van der Waals surface area contributed by atoms with Crippen LogP contribution >= 0.6 is 11.8 Å². The topological polar surface area (TPSA) is 71.2 Å². The van der Waals surface area contributed by atoms with Crippen molar-refractivity contribution in [3.63, 3.8) is 0 Å². The van der Waals surface area contributed by atoms with Crippen LogP contribution in [0.1, 0.15) is 10.4 Å². The summed E-state index contributed by atoms with van der Waals surface area (Å²) in [6.45, 7) is 3.88. The molecule has 1 aromatic carbocycles. The fourth-order valence-electron chi connectivity index (χ4n) is 2.32. The summed E-state index contributed by atoms with van der Waals surface area (Å²) in [6.07, 6.45) is 0. The second kappa shape index (κ2) is 5.80. The molecule has 1 aromatic heterocycles. The number of hydrogen-bond acceptors (Lipinski definition) is 5. The number of aromatic carboxylic acids is 1. The fraction of sp³-hybridized carbons (Fsp3) is 0.462. The average Bonchev–Trinajstić information content (AvgIpc) is 2.88. The van der Waals surface area contributed by atoms with Crippen LogP contribution in [0.15, 0.2) is 18.2 Å². The first kappa shape index (κ1) is 13.4. The second-order valence-corrected chi connectivity index (χ2v) is 6.00. The highest BCUT2D eigenvalue weighted by Gasteiger charge is 2.12. The Bertz CT molecular complexity index is 622. The van der Waals surface area contributed by atoms with Gasteiger partial charge >= 0.3 is 5.97 Å². The van der Waals surface area contributed by atoms with Crippen molar-refractivity contribution >= 4 is 28.8 Å². The van der Waals surface area contributed by atoms with Crippen molar-refractivity contribution in [3.05, 3.63) is 23.8 Å². The first-order chi connectivity index (χ1) is 9.74. The quantitative estimate of drug-likeness (QED) is 0.912. The minimum atomic E-state index is -0.923. The maximum Gasteiger partial charge on any atom is 0.335 e. The third kappa shape index (κ3) is 2.78. The van der Waals surface area contributed by atoms with Crippen LogP contribution in [-0.4, -0.2) is 62.1 Å². The predicted molar refractivity (Wildman–Crippen MR) is 78.3 cm³/mol. The highest BCUT2D eigenvalue weighted by atomic mass is 32.2. The van der Waals surface area contributed by atoms with E-state index in [1.165, 1.54) is 11.5 Å². The minimum Gasteiger partial charge on any atom is -0.478 e. The van der Waals surface area contributed by atoms with Crippen LogP contribution in [0.4, 0.5) is 0 Å². The summed E-state index contributed by atoms with van der Waals surface area (Å²) in [5.74, 6) is 1.44. The molecule has 1 saturated heterocycles. The number of rotatable bonds is 4. The molecule has 1 fully saturated rings. The van der Waals surface area contributed by atoms with Gasteiger partial charge in [0.25, 0.3) is 0 Å². The maximum absolute atomic E-state index is 11.0. The zero-order valence-electron chi connectivity index (χ0n) is 11.0. The van der Waals surface area contributed by atoms with Gasteiger partial charge in [-0.25, -0.2) is 9.48 Å². The highest BCUT2D eigenvalue weighted by Crippen LogP contribution is 2.14. The van der Waals surface area contributed by atoms with Gasteiger partial charge in [-0.2, -0.15) is 11.8 Å². The van der Waals surface area contributed by atoms with E-state index < -0.39 is 5.97 Å². The number of thioether (sulfide) groups is 1. The molecule has 2 aromatic rings. The predicted octanol–water partition coefficient (Wildman–Crippen LogP) is 1.18. The highest BCUT2D eigenvalue weighted by molar-refractivity contribution is 7.99. The number of hydrogen-bond donors (Lipinski definition) is 1. The van der Waals surface area contributed by atoms with Gasteiger partial charge < -0.3 is 5.11 Å². The standard InChI is InChI=1S/C13H16N4O2S/c18-13(19)10-1-2-11-12(9-10)17(15-14-11)4-3-16-5-7-20-8-6-16/h1-2,9H,3-8H2,(H,18,19). The van der Waals surface area contributed by atoms with Crippen molar-refractivity contribution in [1.82, 2.24) is 19.9 Å². The number of carbonyl (C=O) groups is 1. The normalized spacial score (nSPS) is 16.6. The van der Waals surface area contributed by atoms with E-state index >= 15 is 0 Å². The lowest BCUT2D eigenvalue weighted by Gasteiger charge is -2.25. The van der Waals surface area contributed by atoms with Crippen LogP contribution in [-0.2, 0) is 6.54 Å². The minimum absolute atomic E-state index is 0.274. The van der Waals surface area contributed by atoms with E-state index in [2.05, 4.69) is 15.2 Å². The van der Waals surface area contributed by atoms with E-state index in [4.69, 9.17) is 5.11 Å². The molecule has 3 rings (SSSR count). The van der Waals surface area contributed by atoms with Gasteiger partial charge in [-0.3, -0.25) is 4.90 Å². The molecule has 2 heterocycles. The molecule has 106 valence electrons. The van der Waals surface area contributed by atoms with Gasteiger partial charge in [-0.15, -0.1) is 5.10 Å². The Morgan fingerprint density at radius 1 is 1.30 bits per heavy atom. The summed E-state index contributed by atoms with van der Waals surface area (Å²) in [4.78, 5) is 13.4. The van der Waals surface area contributed by atoms with E-state index in [0.29, 0.717) is 0 Å². The molecule has 1 aliphatic rings. The summed E-state index contributed by atoms with van der Waals surface area (Å²) in [5.41, 5.74) is 1.80. The van der Waals surface area contributed by atoms with Crippen molar-refractivity contribution in [2.45, 2.75) is 6.54 Å². The van der Waals surface area contributed by atoms with E-state index in [-0.39, 0.29) is 5.56 Å². The van der Waals surface area contributed by atoms with Gasteiger partial charge in [-0.1, -0.05) is 5.21 Å². The van der Waals surface area contributed by atoms with E-state index in [9.17, 15) is 4.79 Å². The zero-order valence-corrected chi connectivity index (χ0v) is 11.8. The van der Waals surface area contributed by atoms with Gasteiger partial charge in [0.2, 0.25) is 0 Å². The third-order valence-corrected chi connectivity index (χ3v) is 4.44. The van der Waals surface area contributed by atoms with Crippen LogP contribution in [0, 0.1) is 0 Å². The first-order valence-corrected chi connectivity index (χ1v) is 7.76. The number of carboxylic acids is 1. The lowest BCUT2D eigenvalue weighted by atomic mass is 10.2. The van der Waals surface area contributed by atoms with Gasteiger partial charge in [0.05, 0.1) is 17.6 Å². The monoisotopic (exact) mass is 292 g/mol. The van der Waals surface area contributed by atoms with Crippen molar-refractivity contribution in [2.75, 3.05) is 31.1 Å². The summed E-state index contributed by atoms with van der Waals surface area (Å²) >= 11 is 1.99. The molecule has 1 aliphatic heterocycles. The number of carboxylic acid groups (broad SMARTS) is 1. The number of benzene rings is 1. The molecule has 0 saturated carbocycles. The van der Waals surface area contributed by atoms with Crippen molar-refractivity contribution in [1.29, 1.82) is 0 Å². The van der Waals surface area contributed by atoms with Crippen LogP contribution in [0.3, 0.4) is 0 Å². The number of aromatic nitrogens is 3. The summed E-state index contributed by atoms with van der Waals surface area (Å²) in [6, 6.07) is 4.91. The average molecular weight is 292 g/mol. The molecule has 0 unspecified atom stereocenters. The first-order valence-electron chi connectivity index (χ1n) is 6.61. The lowest BCUT2D eigenvalue weighted by Crippen LogP contribution is -2.35. The lowest BCUT2D eigenvalue weighted by molar-refractivity contribution is 0.0697. The molecule has 1 N–H and O–H groups in total. The Kier molecular flexibility index (Phi) is 3.88. The SMILES string of the molecule is O=C(O)c1ccc2nnn(CCN3CCSCC3)c2c1. The van der Waals surface area contributed by atoms with Gasteiger partial charge in [-0.05, 0) is 18.2 Å². The second-order valence-electron chi connectivity index (χ2n) is 4.78. The van der Waals surface area contributed by atoms with Gasteiger partial charge in [0.1, 0.15) is 5.52 Å². The van der Waals surface area contributed by atoms with Gasteiger partial charge in [0.15, 0.2) is 0 Å². The van der Waals surface area contributed by atoms with Crippen LogP contribution < -0.4 is 0 Å². The Balaban J connectivity index is 1.76. The molecule has 0 spiro atoms. The molecular formula is C13H16N4O2S. The Hall–Kier alpha value is -1.60. The van der Waals surface area contributed by atoms with Gasteiger partial charge in [0, 0.05) is 31.1 Å². The smallest absolute Gasteiger partial charge is 0.335 e. The molecule has 7 heteroatoms. The third-order valence-electron chi connectivity index (χ3n) is 3.49. The zero-order chi connectivity index (χ0) is 13.9. The van der Waals surface area contributed by atoms with Crippen molar-refractivity contribution < 1.29 is 9.90 Å². The number of nitrogens with zero attached hydrogens (tertiary/aromatic N) is 4. The van der Waals surface area contributed by atoms with E-state index in [1.807, 2.05) is 11.8 Å². The molecule has 0 radical (unpaired) electrons. The Morgan fingerprint density at radius 3 is 2.85 bits per heavy atom. The fourth-order valence-corrected chi connectivity index (χ4v) is 3.30. The van der Waals surface area contributed by atoms with Crippen molar-refractivity contribution in [3.8, 4) is 0 Å². The summed E-state index contributed by atoms with van der Waals surface area (Å²) in [5, 5.41) is 17.2. The molecular weight excluding hydrogens is 276 g/mol. The van der Waals surface area contributed by atoms with E-state index in [1.54, 1.807) is 22.9 Å². The van der Waals surface area contributed by atoms with Crippen LogP contribution in [0.25, 0.3) is 11.0 Å². The van der Waals surface area contributed by atoms with Crippen molar-refractivity contribution in [2.24, 2.45) is 0 Å². The van der Waals surface area contributed by atoms with Crippen LogP contribution in [0.2, 0.25) is 0 Å².